The molecule has 0 unspecified atom stereocenters. The minimum atomic E-state index is -0.879. The second-order valence-corrected chi connectivity index (χ2v) is 4.68. The minimum Gasteiger partial charge on any atom is -0.478 e. The van der Waals surface area contributed by atoms with Crippen LogP contribution in [0.5, 0.6) is 0 Å². The molecular weight excluding hydrogens is 324 g/mol. The minimum absolute atomic E-state index is 0.331. The molecule has 2 aromatic carbocycles. The zero-order valence-electron chi connectivity index (χ0n) is 14.4. The van der Waals surface area contributed by atoms with E-state index < -0.39 is 11.9 Å². The van der Waals surface area contributed by atoms with E-state index in [-0.39, 0.29) is 0 Å². The van der Waals surface area contributed by atoms with E-state index in [2.05, 4.69) is 0 Å². The molecule has 0 fully saturated rings. The van der Waals surface area contributed by atoms with Crippen molar-refractivity contribution in [3.8, 4) is 0 Å². The number of carboxylic acid groups (broad SMARTS) is 2. The van der Waals surface area contributed by atoms with Crippen LogP contribution in [0.25, 0.3) is 0 Å². The Kier molecular flexibility index (Phi) is 13.3. The van der Waals surface area contributed by atoms with Crippen LogP contribution in [0.1, 0.15) is 27.1 Å². The lowest BCUT2D eigenvalue weighted by molar-refractivity contribution is 0.0686. The van der Waals surface area contributed by atoms with Gasteiger partial charge in [0.15, 0.2) is 0 Å². The van der Waals surface area contributed by atoms with Crippen molar-refractivity contribution in [2.75, 3.05) is 27.4 Å². The Morgan fingerprint density at radius 2 is 1.04 bits per heavy atom. The first kappa shape index (κ1) is 22.3. The molecule has 0 saturated carbocycles. The molecule has 0 aliphatic carbocycles. The van der Waals surface area contributed by atoms with Crippen molar-refractivity contribution in [3.63, 3.8) is 0 Å². The highest BCUT2D eigenvalue weighted by Gasteiger charge is 1.97. The maximum atomic E-state index is 10.2. The molecule has 0 aliphatic heterocycles. The summed E-state index contributed by atoms with van der Waals surface area (Å²) in [4.78, 5) is 20.4. The third-order valence-electron chi connectivity index (χ3n) is 2.74. The summed E-state index contributed by atoms with van der Waals surface area (Å²) in [5.74, 6) is -1.76. The van der Waals surface area contributed by atoms with E-state index in [1.54, 1.807) is 74.9 Å². The van der Waals surface area contributed by atoms with Gasteiger partial charge in [-0.05, 0) is 30.7 Å². The van der Waals surface area contributed by atoms with E-state index in [1.807, 2.05) is 0 Å². The van der Waals surface area contributed by atoms with Crippen molar-refractivity contribution >= 4 is 11.9 Å². The van der Waals surface area contributed by atoms with Gasteiger partial charge in [0.1, 0.15) is 0 Å². The molecule has 6 nitrogen and oxygen atoms in total. The quantitative estimate of drug-likeness (QED) is 0.777. The van der Waals surface area contributed by atoms with Crippen LogP contribution < -0.4 is 0 Å². The molecule has 136 valence electrons. The van der Waals surface area contributed by atoms with Crippen LogP contribution in [0, 0.1) is 0 Å². The van der Waals surface area contributed by atoms with Gasteiger partial charge in [0.2, 0.25) is 0 Å². The lowest BCUT2D eigenvalue weighted by Crippen LogP contribution is -1.94. The molecule has 0 bridgehead atoms. The Hall–Kier alpha value is -2.70. The van der Waals surface area contributed by atoms with Gasteiger partial charge < -0.3 is 19.7 Å². The summed E-state index contributed by atoms with van der Waals surface area (Å²) in [7, 11) is 3.38. The Bertz CT molecular complexity index is 530. The average Bonchev–Trinajstić information content (AvgIpc) is 2.65. The number of ether oxygens (including phenoxy) is 2. The summed E-state index contributed by atoms with van der Waals surface area (Å²) < 4.78 is 9.53. The van der Waals surface area contributed by atoms with Gasteiger partial charge in [-0.2, -0.15) is 0 Å². The fourth-order valence-corrected chi connectivity index (χ4v) is 1.51. The van der Waals surface area contributed by atoms with E-state index in [1.165, 1.54) is 0 Å². The number of hydrogen-bond acceptors (Lipinski definition) is 4. The van der Waals surface area contributed by atoms with Crippen molar-refractivity contribution in [3.05, 3.63) is 71.8 Å². The number of methoxy groups -OCH3 is 2. The zero-order valence-corrected chi connectivity index (χ0v) is 14.4. The van der Waals surface area contributed by atoms with Crippen molar-refractivity contribution in [2.24, 2.45) is 0 Å². The first-order chi connectivity index (χ1) is 12.0. The highest BCUT2D eigenvalue weighted by Crippen LogP contribution is 1.96. The van der Waals surface area contributed by atoms with Crippen LogP contribution in [-0.4, -0.2) is 49.6 Å². The molecule has 0 atom stereocenters. The maximum absolute atomic E-state index is 10.2. The molecule has 0 aliphatic rings. The Balaban J connectivity index is 0.000000350. The lowest BCUT2D eigenvalue weighted by atomic mass is 10.2. The molecular formula is C19H24O6. The summed E-state index contributed by atoms with van der Waals surface area (Å²) in [5, 5.41) is 16.8. The third-order valence-corrected chi connectivity index (χ3v) is 2.74. The van der Waals surface area contributed by atoms with Crippen molar-refractivity contribution < 1.29 is 29.3 Å². The van der Waals surface area contributed by atoms with Gasteiger partial charge in [0.05, 0.1) is 11.1 Å². The Morgan fingerprint density at radius 1 is 0.720 bits per heavy atom. The second kappa shape index (κ2) is 14.9. The molecule has 0 radical (unpaired) electrons. The van der Waals surface area contributed by atoms with Crippen molar-refractivity contribution in [1.82, 2.24) is 0 Å². The van der Waals surface area contributed by atoms with Crippen LogP contribution in [0.15, 0.2) is 60.7 Å². The molecule has 0 spiro atoms. The first-order valence-electron chi connectivity index (χ1n) is 7.57. The summed E-state index contributed by atoms with van der Waals surface area (Å²) in [5.41, 5.74) is 0.662. The van der Waals surface area contributed by atoms with Gasteiger partial charge in [0.25, 0.3) is 0 Å². The van der Waals surface area contributed by atoms with Crippen LogP contribution in [-0.2, 0) is 9.47 Å². The first-order valence-corrected chi connectivity index (χ1v) is 7.57. The van der Waals surface area contributed by atoms with Gasteiger partial charge >= 0.3 is 11.9 Å². The molecule has 0 saturated heterocycles. The molecule has 2 N–H and O–H groups in total. The van der Waals surface area contributed by atoms with Gasteiger partial charge in [-0.25, -0.2) is 9.59 Å². The number of carbonyl (C=O) groups is 2. The molecule has 0 aromatic heterocycles. The summed E-state index contributed by atoms with van der Waals surface area (Å²) in [6, 6.07) is 16.6. The molecule has 25 heavy (non-hydrogen) atoms. The van der Waals surface area contributed by atoms with Gasteiger partial charge in [-0.1, -0.05) is 36.4 Å². The van der Waals surface area contributed by atoms with E-state index >= 15 is 0 Å². The van der Waals surface area contributed by atoms with E-state index in [9.17, 15) is 9.59 Å². The normalized spacial score (nSPS) is 9.04. The predicted octanol–water partition coefficient (Wildman–Crippen LogP) is 3.44. The SMILES string of the molecule is COCCCOC.O=C(O)c1ccccc1.O=C(O)c1ccccc1. The Labute approximate surface area is 147 Å². The monoisotopic (exact) mass is 348 g/mol. The summed E-state index contributed by atoms with van der Waals surface area (Å²) >= 11 is 0. The van der Waals surface area contributed by atoms with Crippen molar-refractivity contribution in [2.45, 2.75) is 6.42 Å². The topological polar surface area (TPSA) is 93.1 Å². The van der Waals surface area contributed by atoms with Crippen LogP contribution >= 0.6 is 0 Å². The summed E-state index contributed by atoms with van der Waals surface area (Å²) in [6.07, 6.45) is 0.993. The predicted molar refractivity (Wildman–Crippen MR) is 95.2 cm³/mol. The number of benzene rings is 2. The molecule has 2 aromatic rings. The van der Waals surface area contributed by atoms with Crippen LogP contribution in [0.3, 0.4) is 0 Å². The van der Waals surface area contributed by atoms with Gasteiger partial charge in [0, 0.05) is 27.4 Å². The Morgan fingerprint density at radius 3 is 1.24 bits per heavy atom. The highest BCUT2D eigenvalue weighted by atomic mass is 16.5. The van der Waals surface area contributed by atoms with E-state index in [0.717, 1.165) is 19.6 Å². The number of carboxylic acids is 2. The standard InChI is InChI=1S/2C7H6O2.C5H12O2/c2*8-7(9)6-4-2-1-3-5-6;1-6-4-3-5-7-2/h2*1-5H,(H,8,9);3-5H2,1-2H3. The third kappa shape index (κ3) is 12.4. The molecule has 0 heterocycles. The van der Waals surface area contributed by atoms with Crippen LogP contribution in [0.4, 0.5) is 0 Å². The van der Waals surface area contributed by atoms with E-state index in [4.69, 9.17) is 19.7 Å². The average molecular weight is 348 g/mol. The molecule has 6 heteroatoms. The number of hydrogen-bond donors (Lipinski definition) is 2. The molecule has 2 rings (SSSR count). The van der Waals surface area contributed by atoms with Crippen LogP contribution in [0.2, 0.25) is 0 Å². The smallest absolute Gasteiger partial charge is 0.335 e. The van der Waals surface area contributed by atoms with Gasteiger partial charge in [-0.15, -0.1) is 0 Å². The van der Waals surface area contributed by atoms with Crippen molar-refractivity contribution in [1.29, 1.82) is 0 Å². The van der Waals surface area contributed by atoms with Gasteiger partial charge in [-0.3, -0.25) is 0 Å². The fourth-order valence-electron chi connectivity index (χ4n) is 1.51. The zero-order chi connectivity index (χ0) is 18.9. The second-order valence-electron chi connectivity index (χ2n) is 4.68. The summed E-state index contributed by atoms with van der Waals surface area (Å²) in [6.45, 7) is 1.60. The number of aromatic carboxylic acids is 2. The molecule has 0 amide bonds. The van der Waals surface area contributed by atoms with E-state index in [0.29, 0.717) is 11.1 Å². The number of rotatable bonds is 6. The maximum Gasteiger partial charge on any atom is 0.335 e. The highest BCUT2D eigenvalue weighted by molar-refractivity contribution is 5.87. The fraction of sp³-hybridized carbons (Fsp3) is 0.263. The largest absolute Gasteiger partial charge is 0.478 e. The lowest BCUT2D eigenvalue weighted by Gasteiger charge is -1.94.